The molecule has 0 atom stereocenters. The lowest BCUT2D eigenvalue weighted by Crippen LogP contribution is -2.10. The fourth-order valence-corrected chi connectivity index (χ4v) is 7.78. The average Bonchev–Trinajstić information content (AvgIpc) is 3.66. The molecule has 0 amide bonds. The van der Waals surface area contributed by atoms with Crippen LogP contribution in [0.5, 0.6) is 0 Å². The summed E-state index contributed by atoms with van der Waals surface area (Å²) in [5, 5.41) is 2.03. The maximum atomic E-state index is 6.71. The highest BCUT2D eigenvalue weighted by atomic mass is 16.3. The van der Waals surface area contributed by atoms with Crippen molar-refractivity contribution in [3.63, 3.8) is 0 Å². The molecule has 0 aliphatic heterocycles. The molecule has 0 saturated heterocycles. The van der Waals surface area contributed by atoms with E-state index in [2.05, 4.69) is 187 Å². The first-order valence-electron chi connectivity index (χ1n) is 19.1. The molecule has 0 spiro atoms. The van der Waals surface area contributed by atoms with Gasteiger partial charge in [0.15, 0.2) is 5.82 Å². The molecule has 4 nitrogen and oxygen atoms in total. The second kappa shape index (κ2) is 14.5. The van der Waals surface area contributed by atoms with Crippen molar-refractivity contribution in [2.45, 2.75) is 12.8 Å². The topological polar surface area (TPSA) is 42.2 Å². The molecule has 0 bridgehead atoms. The fraction of sp³-hybridized carbons (Fsp3) is 0.0385. The van der Waals surface area contributed by atoms with Crippen LogP contribution in [0.2, 0.25) is 0 Å². The SMILES string of the molecule is C1=CCCC(c2cc(-c3ccccc3)nc(-c3cccc4oc5cc(N(c6ccc(-c7ccccc7)cc6)c6cccc(-c7ccccc7)c6)ccc5c34)n2)=C1. The molecule has 4 heteroatoms. The van der Waals surface area contributed by atoms with Crippen LogP contribution in [0.4, 0.5) is 17.1 Å². The van der Waals surface area contributed by atoms with Crippen LogP contribution in [0.25, 0.3) is 72.4 Å². The first kappa shape index (κ1) is 33.3. The van der Waals surface area contributed by atoms with Gasteiger partial charge >= 0.3 is 0 Å². The van der Waals surface area contributed by atoms with E-state index in [0.717, 1.165) is 79.9 Å². The van der Waals surface area contributed by atoms with Gasteiger partial charge in [0, 0.05) is 45.0 Å². The molecule has 56 heavy (non-hydrogen) atoms. The van der Waals surface area contributed by atoms with E-state index in [0.29, 0.717) is 5.82 Å². The van der Waals surface area contributed by atoms with E-state index < -0.39 is 0 Å². The van der Waals surface area contributed by atoms with Crippen molar-refractivity contribution in [1.29, 1.82) is 0 Å². The molecular weight excluding hydrogens is 683 g/mol. The van der Waals surface area contributed by atoms with Crippen molar-refractivity contribution in [1.82, 2.24) is 9.97 Å². The second-order valence-electron chi connectivity index (χ2n) is 14.1. The predicted molar refractivity (Wildman–Crippen MR) is 232 cm³/mol. The average molecular weight is 720 g/mol. The van der Waals surface area contributed by atoms with Crippen LogP contribution in [0.15, 0.2) is 205 Å². The molecule has 1 aliphatic carbocycles. The highest BCUT2D eigenvalue weighted by Gasteiger charge is 2.20. The van der Waals surface area contributed by atoms with Crippen LogP contribution >= 0.6 is 0 Å². The van der Waals surface area contributed by atoms with Gasteiger partial charge in [0.05, 0.1) is 11.4 Å². The Morgan fingerprint density at radius 3 is 1.82 bits per heavy atom. The van der Waals surface area contributed by atoms with Gasteiger partial charge in [-0.3, -0.25) is 0 Å². The van der Waals surface area contributed by atoms with Gasteiger partial charge in [0.2, 0.25) is 0 Å². The fourth-order valence-electron chi connectivity index (χ4n) is 7.78. The first-order chi connectivity index (χ1) is 27.7. The van der Waals surface area contributed by atoms with Gasteiger partial charge in [-0.25, -0.2) is 9.97 Å². The standard InChI is InChI=1S/C52H37N3O/c1-5-15-36(16-6-1)38-27-29-42(30-28-38)55(43-24-13-23-41(33-43)37-17-7-2-8-18-37)44-31-32-45-50(34-44)56-49-26-14-25-46(51(45)49)52-53-47(39-19-9-3-10-20-39)35-48(54-52)40-21-11-4-12-22-40/h1-11,13-21,23-35H,12,22H2. The molecule has 2 heterocycles. The molecule has 0 fully saturated rings. The van der Waals surface area contributed by atoms with Crippen molar-refractivity contribution in [2.75, 3.05) is 4.90 Å². The van der Waals surface area contributed by atoms with Gasteiger partial charge in [-0.2, -0.15) is 0 Å². The van der Waals surface area contributed by atoms with Gasteiger partial charge in [-0.15, -0.1) is 0 Å². The minimum Gasteiger partial charge on any atom is -0.456 e. The number of aromatic nitrogens is 2. The molecule has 9 aromatic rings. The number of anilines is 3. The lowest BCUT2D eigenvalue weighted by Gasteiger charge is -2.26. The largest absolute Gasteiger partial charge is 0.456 e. The number of rotatable bonds is 8. The smallest absolute Gasteiger partial charge is 0.161 e. The number of hydrogen-bond donors (Lipinski definition) is 0. The summed E-state index contributed by atoms with van der Waals surface area (Å²) in [5.41, 5.74) is 14.5. The Hall–Kier alpha value is -7.30. The van der Waals surface area contributed by atoms with Crippen LogP contribution in [-0.2, 0) is 0 Å². The Morgan fingerprint density at radius 2 is 1.09 bits per heavy atom. The Balaban J connectivity index is 1.11. The minimum absolute atomic E-state index is 0.687. The van der Waals surface area contributed by atoms with Gasteiger partial charge < -0.3 is 9.32 Å². The minimum atomic E-state index is 0.687. The molecular formula is C52H37N3O. The van der Waals surface area contributed by atoms with E-state index in [9.17, 15) is 0 Å². The van der Waals surface area contributed by atoms with E-state index in [1.54, 1.807) is 0 Å². The quantitative estimate of drug-likeness (QED) is 0.157. The molecule has 0 radical (unpaired) electrons. The maximum absolute atomic E-state index is 6.71. The Morgan fingerprint density at radius 1 is 0.464 bits per heavy atom. The van der Waals surface area contributed by atoms with Crippen molar-refractivity contribution >= 4 is 44.6 Å². The Kier molecular flexibility index (Phi) is 8.62. The summed E-state index contributed by atoms with van der Waals surface area (Å²) < 4.78 is 6.71. The monoisotopic (exact) mass is 719 g/mol. The van der Waals surface area contributed by atoms with Gasteiger partial charge in [0.25, 0.3) is 0 Å². The van der Waals surface area contributed by atoms with E-state index in [1.807, 2.05) is 18.2 Å². The maximum Gasteiger partial charge on any atom is 0.161 e. The molecule has 0 unspecified atom stereocenters. The molecule has 0 saturated carbocycles. The highest BCUT2D eigenvalue weighted by molar-refractivity contribution is 6.12. The summed E-state index contributed by atoms with van der Waals surface area (Å²) >= 11 is 0. The Labute approximate surface area is 326 Å². The van der Waals surface area contributed by atoms with E-state index in [1.165, 1.54) is 22.3 Å². The Bertz CT molecular complexity index is 2890. The number of benzene rings is 7. The number of allylic oxidation sites excluding steroid dienone is 4. The van der Waals surface area contributed by atoms with Crippen molar-refractivity contribution < 1.29 is 4.42 Å². The van der Waals surface area contributed by atoms with Crippen LogP contribution in [0, 0.1) is 0 Å². The van der Waals surface area contributed by atoms with E-state index in [4.69, 9.17) is 14.4 Å². The number of nitrogens with zero attached hydrogens (tertiary/aromatic N) is 3. The third-order valence-electron chi connectivity index (χ3n) is 10.6. The predicted octanol–water partition coefficient (Wildman–Crippen LogP) is 14.2. The lowest BCUT2D eigenvalue weighted by atomic mass is 9.99. The molecule has 1 aliphatic rings. The van der Waals surface area contributed by atoms with Crippen LogP contribution in [-0.4, -0.2) is 9.97 Å². The zero-order valence-electron chi connectivity index (χ0n) is 30.7. The summed E-state index contributed by atoms with van der Waals surface area (Å²) in [6, 6.07) is 63.8. The van der Waals surface area contributed by atoms with Crippen LogP contribution in [0.3, 0.4) is 0 Å². The molecule has 7 aromatic carbocycles. The van der Waals surface area contributed by atoms with Crippen molar-refractivity contribution in [2.24, 2.45) is 0 Å². The van der Waals surface area contributed by atoms with Gasteiger partial charge in [-0.1, -0.05) is 146 Å². The zero-order chi connectivity index (χ0) is 37.3. The van der Waals surface area contributed by atoms with Crippen LogP contribution in [0.1, 0.15) is 18.5 Å². The summed E-state index contributed by atoms with van der Waals surface area (Å²) in [4.78, 5) is 12.7. The second-order valence-corrected chi connectivity index (χ2v) is 14.1. The summed E-state index contributed by atoms with van der Waals surface area (Å²) in [7, 11) is 0. The highest BCUT2D eigenvalue weighted by Crippen LogP contribution is 2.42. The number of hydrogen-bond acceptors (Lipinski definition) is 4. The first-order valence-corrected chi connectivity index (χ1v) is 19.1. The van der Waals surface area contributed by atoms with Gasteiger partial charge in [-0.05, 0) is 89.2 Å². The zero-order valence-corrected chi connectivity index (χ0v) is 30.7. The van der Waals surface area contributed by atoms with E-state index >= 15 is 0 Å². The number of fused-ring (bicyclic) bond motifs is 3. The molecule has 0 N–H and O–H groups in total. The summed E-state index contributed by atoms with van der Waals surface area (Å²) in [5.74, 6) is 0.687. The van der Waals surface area contributed by atoms with Crippen LogP contribution < -0.4 is 4.90 Å². The van der Waals surface area contributed by atoms with Crippen molar-refractivity contribution in [3.05, 3.63) is 206 Å². The molecule has 266 valence electrons. The lowest BCUT2D eigenvalue weighted by molar-refractivity contribution is 0.669. The molecule has 10 rings (SSSR count). The van der Waals surface area contributed by atoms with Crippen molar-refractivity contribution in [3.8, 4) is 44.9 Å². The third-order valence-corrected chi connectivity index (χ3v) is 10.6. The summed E-state index contributed by atoms with van der Waals surface area (Å²) in [6.07, 6.45) is 8.46. The molecule has 2 aromatic heterocycles. The normalized spacial score (nSPS) is 12.5. The van der Waals surface area contributed by atoms with Gasteiger partial charge in [0.1, 0.15) is 11.2 Å². The summed E-state index contributed by atoms with van der Waals surface area (Å²) in [6.45, 7) is 0. The number of furan rings is 1. The van der Waals surface area contributed by atoms with E-state index in [-0.39, 0.29) is 0 Å². The third kappa shape index (κ3) is 6.37.